The van der Waals surface area contributed by atoms with Crippen molar-refractivity contribution in [3.63, 3.8) is 0 Å². The lowest BCUT2D eigenvalue weighted by Crippen LogP contribution is -2.22. The molecule has 0 saturated carbocycles. The molecule has 0 radical (unpaired) electrons. The number of aliphatic carboxylic acids is 2. The first-order valence-corrected chi connectivity index (χ1v) is 14.0. The van der Waals surface area contributed by atoms with Gasteiger partial charge in [-0.15, -0.1) is 0 Å². The molecule has 0 aliphatic carbocycles. The quantitative estimate of drug-likeness (QED) is 0.149. The van der Waals surface area contributed by atoms with Crippen LogP contribution in [0.3, 0.4) is 0 Å². The molecule has 228 valence electrons. The highest BCUT2D eigenvalue weighted by Gasteiger charge is 2.14. The largest absolute Gasteiger partial charge is 0.479 e. The molecule has 0 saturated heterocycles. The Morgan fingerprint density at radius 2 is 1.16 bits per heavy atom. The molecular formula is C31H24Cl3NO9. The average Bonchev–Trinajstić information content (AvgIpc) is 3.38. The molecule has 1 heterocycles. The van der Waals surface area contributed by atoms with Crippen LogP contribution in [-0.2, 0) is 9.59 Å². The van der Waals surface area contributed by atoms with Crippen LogP contribution in [0, 0.1) is 0 Å². The summed E-state index contributed by atoms with van der Waals surface area (Å²) in [7, 11) is 0. The summed E-state index contributed by atoms with van der Waals surface area (Å²) in [6.07, 6.45) is -1.75. The summed E-state index contributed by atoms with van der Waals surface area (Å²) >= 11 is 17.7. The van der Waals surface area contributed by atoms with Crippen molar-refractivity contribution in [3.8, 4) is 34.8 Å². The molecule has 5 rings (SSSR count). The summed E-state index contributed by atoms with van der Waals surface area (Å²) in [5.41, 5.74) is 1.17. The average molecular weight is 661 g/mol. The number of rotatable bonds is 10. The van der Waals surface area contributed by atoms with Gasteiger partial charge in [0.1, 0.15) is 34.3 Å². The highest BCUT2D eigenvalue weighted by Crippen LogP contribution is 2.32. The number of ether oxygens (including phenoxy) is 4. The van der Waals surface area contributed by atoms with Crippen molar-refractivity contribution >= 4 is 57.8 Å². The maximum absolute atomic E-state index is 10.7. The second-order valence-corrected chi connectivity index (χ2v) is 10.3. The van der Waals surface area contributed by atoms with E-state index in [-0.39, 0.29) is 6.08 Å². The number of benzene rings is 4. The molecule has 0 spiro atoms. The Hall–Kier alpha value is -4.64. The molecule has 4 aromatic carbocycles. The first-order chi connectivity index (χ1) is 21.0. The zero-order valence-corrected chi connectivity index (χ0v) is 25.3. The third kappa shape index (κ3) is 9.18. The molecule has 0 fully saturated rings. The van der Waals surface area contributed by atoms with Crippen LogP contribution in [-0.4, -0.2) is 39.3 Å². The van der Waals surface area contributed by atoms with E-state index in [1.54, 1.807) is 84.9 Å². The number of hydrogen-bond acceptors (Lipinski definition) is 8. The van der Waals surface area contributed by atoms with Gasteiger partial charge >= 0.3 is 18.0 Å². The molecular weight excluding hydrogens is 637 g/mol. The van der Waals surface area contributed by atoms with Crippen molar-refractivity contribution < 1.29 is 43.2 Å². The molecule has 13 heteroatoms. The predicted octanol–water partition coefficient (Wildman–Crippen LogP) is 8.76. The zero-order valence-electron chi connectivity index (χ0n) is 23.1. The van der Waals surface area contributed by atoms with Crippen LogP contribution in [0.5, 0.6) is 34.8 Å². The van der Waals surface area contributed by atoms with Crippen molar-refractivity contribution in [1.29, 1.82) is 0 Å². The Kier molecular flexibility index (Phi) is 10.8. The summed E-state index contributed by atoms with van der Waals surface area (Å²) in [5, 5.41) is 19.1. The summed E-state index contributed by atoms with van der Waals surface area (Å²) in [6, 6.07) is 23.1. The third-order valence-electron chi connectivity index (χ3n) is 5.63. The number of hydrogen-bond donors (Lipinski definition) is 2. The summed E-state index contributed by atoms with van der Waals surface area (Å²) in [4.78, 5) is 25.6. The summed E-state index contributed by atoms with van der Waals surface area (Å²) in [6.45, 7) is 2.91. The van der Waals surface area contributed by atoms with Crippen molar-refractivity contribution in [1.82, 2.24) is 4.98 Å². The van der Waals surface area contributed by atoms with Crippen LogP contribution >= 0.6 is 34.8 Å². The van der Waals surface area contributed by atoms with Gasteiger partial charge in [0, 0.05) is 16.1 Å². The molecule has 0 aliphatic heterocycles. The Labute approximate surface area is 266 Å². The van der Waals surface area contributed by atoms with E-state index in [1.807, 2.05) is 0 Å². The van der Waals surface area contributed by atoms with Crippen LogP contribution < -0.4 is 18.9 Å². The molecule has 0 bridgehead atoms. The van der Waals surface area contributed by atoms with Gasteiger partial charge in [0.05, 0.1) is 5.02 Å². The van der Waals surface area contributed by atoms with E-state index < -0.39 is 24.1 Å². The minimum atomic E-state index is -1.03. The maximum Gasteiger partial charge on any atom is 0.400 e. The first-order valence-electron chi connectivity index (χ1n) is 12.8. The van der Waals surface area contributed by atoms with Gasteiger partial charge in [0.25, 0.3) is 0 Å². The minimum Gasteiger partial charge on any atom is -0.479 e. The van der Waals surface area contributed by atoms with E-state index in [0.29, 0.717) is 54.9 Å². The predicted molar refractivity (Wildman–Crippen MR) is 164 cm³/mol. The molecule has 44 heavy (non-hydrogen) atoms. The van der Waals surface area contributed by atoms with Gasteiger partial charge in [-0.25, -0.2) is 9.59 Å². The van der Waals surface area contributed by atoms with E-state index in [9.17, 15) is 9.59 Å². The van der Waals surface area contributed by atoms with Gasteiger partial charge < -0.3 is 33.6 Å². The molecule has 1 aromatic heterocycles. The van der Waals surface area contributed by atoms with Crippen molar-refractivity contribution in [3.05, 3.63) is 100.0 Å². The van der Waals surface area contributed by atoms with Gasteiger partial charge in [-0.1, -0.05) is 34.8 Å². The number of carboxylic acids is 2. The fourth-order valence-corrected chi connectivity index (χ4v) is 4.00. The standard InChI is InChI=1S/C16H12ClNO5.C15H12Cl2O4/c1-9(15(19)20)21-11-3-5-12(6-4-11)22-16-18-13-7-2-10(17)8-14(13)23-16;1-9(15(18)19)20-11-3-5-12(6-4-11)21-14-7-2-10(16)8-13(14)17/h2-9H,1H3,(H,19,20);2-9H,1H3,(H,18,19). The fraction of sp³-hybridized carbons (Fsp3) is 0.129. The van der Waals surface area contributed by atoms with E-state index in [0.717, 1.165) is 0 Å². The Balaban J connectivity index is 0.000000202. The number of nitrogens with zero attached hydrogens (tertiary/aromatic N) is 1. The maximum atomic E-state index is 10.7. The van der Waals surface area contributed by atoms with Gasteiger partial charge in [-0.05, 0) is 92.7 Å². The Morgan fingerprint density at radius 1 is 0.682 bits per heavy atom. The van der Waals surface area contributed by atoms with E-state index in [2.05, 4.69) is 4.98 Å². The van der Waals surface area contributed by atoms with Gasteiger partial charge in [0.15, 0.2) is 17.8 Å². The fourth-order valence-electron chi connectivity index (χ4n) is 3.39. The summed E-state index contributed by atoms with van der Waals surface area (Å²) in [5.74, 6) is 0.330. The lowest BCUT2D eigenvalue weighted by atomic mass is 10.3. The highest BCUT2D eigenvalue weighted by atomic mass is 35.5. The van der Waals surface area contributed by atoms with Crippen LogP contribution in [0.4, 0.5) is 0 Å². The SMILES string of the molecule is CC(Oc1ccc(Oc2ccc(Cl)cc2Cl)cc1)C(=O)O.CC(Oc1ccc(Oc2nc3ccc(Cl)cc3o2)cc1)C(=O)O. The topological polar surface area (TPSA) is 138 Å². The van der Waals surface area contributed by atoms with Crippen molar-refractivity contribution in [2.45, 2.75) is 26.1 Å². The van der Waals surface area contributed by atoms with Gasteiger partial charge in [-0.2, -0.15) is 4.98 Å². The highest BCUT2D eigenvalue weighted by molar-refractivity contribution is 6.35. The lowest BCUT2D eigenvalue weighted by Gasteiger charge is -2.11. The van der Waals surface area contributed by atoms with Crippen molar-refractivity contribution in [2.24, 2.45) is 0 Å². The number of fused-ring (bicyclic) bond motifs is 1. The van der Waals surface area contributed by atoms with E-state index in [4.69, 9.17) is 68.4 Å². The summed E-state index contributed by atoms with van der Waals surface area (Å²) < 4.78 is 27.0. The van der Waals surface area contributed by atoms with Gasteiger partial charge in [0.2, 0.25) is 0 Å². The third-order valence-corrected chi connectivity index (χ3v) is 6.39. The molecule has 10 nitrogen and oxygen atoms in total. The van der Waals surface area contributed by atoms with Crippen LogP contribution in [0.1, 0.15) is 13.8 Å². The molecule has 0 aliphatic rings. The molecule has 0 amide bonds. The number of oxazole rings is 1. The van der Waals surface area contributed by atoms with Crippen LogP contribution in [0.2, 0.25) is 15.1 Å². The number of carbonyl (C=O) groups is 2. The lowest BCUT2D eigenvalue weighted by molar-refractivity contribution is -0.145. The van der Waals surface area contributed by atoms with E-state index >= 15 is 0 Å². The molecule has 2 unspecified atom stereocenters. The monoisotopic (exact) mass is 659 g/mol. The van der Waals surface area contributed by atoms with Crippen LogP contribution in [0.15, 0.2) is 89.3 Å². The number of halogens is 3. The Bertz CT molecular complexity index is 1740. The normalized spacial score (nSPS) is 11.9. The second-order valence-electron chi connectivity index (χ2n) is 9.01. The zero-order chi connectivity index (χ0) is 31.8. The van der Waals surface area contributed by atoms with Gasteiger partial charge in [-0.3, -0.25) is 0 Å². The number of aromatic nitrogens is 1. The molecule has 5 aromatic rings. The smallest absolute Gasteiger partial charge is 0.400 e. The number of carboxylic acid groups (broad SMARTS) is 2. The first kappa shape index (κ1) is 32.3. The Morgan fingerprint density at radius 3 is 1.68 bits per heavy atom. The molecule has 2 N–H and O–H groups in total. The minimum absolute atomic E-state index is 0.0924. The second kappa shape index (κ2) is 14.7. The van der Waals surface area contributed by atoms with E-state index in [1.165, 1.54) is 13.8 Å². The van der Waals surface area contributed by atoms with Crippen LogP contribution in [0.25, 0.3) is 11.1 Å². The van der Waals surface area contributed by atoms with Crippen molar-refractivity contribution in [2.75, 3.05) is 0 Å². The molecule has 2 atom stereocenters.